The maximum atomic E-state index is 2.34. The number of hydrogen-bond acceptors (Lipinski definition) is 0. The Morgan fingerprint density at radius 2 is 0.658 bits per heavy atom. The Balaban J connectivity index is 1.41. The van der Waals surface area contributed by atoms with Gasteiger partial charge in [-0.3, -0.25) is 0 Å². The lowest BCUT2D eigenvalue weighted by Gasteiger charge is -2.14. The molecule has 6 aromatic rings. The Morgan fingerprint density at radius 1 is 0.263 bits per heavy atom. The molecule has 182 valence electrons. The molecule has 0 heterocycles. The van der Waals surface area contributed by atoms with E-state index < -0.39 is 0 Å². The van der Waals surface area contributed by atoms with Crippen LogP contribution in [0.5, 0.6) is 0 Å². The molecule has 0 saturated carbocycles. The van der Waals surface area contributed by atoms with Crippen molar-refractivity contribution < 1.29 is 0 Å². The second kappa shape index (κ2) is 10.4. The van der Waals surface area contributed by atoms with Crippen molar-refractivity contribution in [2.24, 2.45) is 0 Å². The van der Waals surface area contributed by atoms with Crippen molar-refractivity contribution in [3.63, 3.8) is 0 Å². The van der Waals surface area contributed by atoms with Crippen LogP contribution in [0, 0.1) is 13.8 Å². The van der Waals surface area contributed by atoms with Crippen LogP contribution in [0.3, 0.4) is 0 Å². The number of hydrogen-bond donors (Lipinski definition) is 0. The lowest BCUT2D eigenvalue weighted by molar-refractivity contribution is 1.47. The summed E-state index contributed by atoms with van der Waals surface area (Å²) in [6.07, 6.45) is 0. The van der Waals surface area contributed by atoms with Gasteiger partial charge in [-0.1, -0.05) is 139 Å². The van der Waals surface area contributed by atoms with Gasteiger partial charge >= 0.3 is 0 Å². The Bertz CT molecular complexity index is 1690. The third-order valence-corrected chi connectivity index (χ3v) is 7.24. The Kier molecular flexibility index (Phi) is 6.46. The van der Waals surface area contributed by atoms with Crippen LogP contribution in [0.15, 0.2) is 146 Å². The molecule has 0 N–H and O–H groups in total. The van der Waals surface area contributed by atoms with E-state index in [0.717, 1.165) is 0 Å². The van der Waals surface area contributed by atoms with Crippen LogP contribution in [-0.2, 0) is 0 Å². The molecule has 0 bridgehead atoms. The molecule has 0 unspecified atom stereocenters. The Morgan fingerprint density at radius 3 is 1.21 bits per heavy atom. The van der Waals surface area contributed by atoms with Gasteiger partial charge in [0, 0.05) is 0 Å². The highest BCUT2D eigenvalue weighted by Gasteiger charge is 2.11. The van der Waals surface area contributed by atoms with Gasteiger partial charge in [0.15, 0.2) is 0 Å². The van der Waals surface area contributed by atoms with Crippen LogP contribution in [0.25, 0.3) is 55.6 Å². The maximum Gasteiger partial charge on any atom is -0.00992 e. The molecule has 0 aliphatic rings. The van der Waals surface area contributed by atoms with Gasteiger partial charge in [0.1, 0.15) is 0 Å². The van der Waals surface area contributed by atoms with E-state index in [0.29, 0.717) is 0 Å². The fourth-order valence-corrected chi connectivity index (χ4v) is 5.07. The number of aryl methyl sites for hydroxylation is 2. The standard InChI is InChI=1S/C38H30/c1-27-14-18-29(19-15-27)32-10-6-11-33(24-32)34-12-7-13-35(25-34)36-22-23-37(31-20-16-28(2)17-21-31)38(26-36)30-8-4-3-5-9-30/h3-26H,1-2H3. The third-order valence-electron chi connectivity index (χ3n) is 7.24. The van der Waals surface area contributed by atoms with E-state index in [2.05, 4.69) is 159 Å². The van der Waals surface area contributed by atoms with E-state index in [1.165, 1.54) is 66.8 Å². The predicted octanol–water partition coefficient (Wildman–Crippen LogP) is 10.6. The molecule has 0 nitrogen and oxygen atoms in total. The van der Waals surface area contributed by atoms with Crippen molar-refractivity contribution in [1.29, 1.82) is 0 Å². The Labute approximate surface area is 225 Å². The van der Waals surface area contributed by atoms with E-state index in [9.17, 15) is 0 Å². The van der Waals surface area contributed by atoms with Crippen LogP contribution in [-0.4, -0.2) is 0 Å². The second-order valence-electron chi connectivity index (χ2n) is 10.0. The van der Waals surface area contributed by atoms with Gasteiger partial charge in [0.25, 0.3) is 0 Å². The summed E-state index contributed by atoms with van der Waals surface area (Å²) in [6.45, 7) is 4.26. The van der Waals surface area contributed by atoms with Crippen molar-refractivity contribution in [3.05, 3.63) is 157 Å². The van der Waals surface area contributed by atoms with Crippen LogP contribution < -0.4 is 0 Å². The Hall–Kier alpha value is -4.68. The zero-order valence-electron chi connectivity index (χ0n) is 21.9. The minimum absolute atomic E-state index is 1.22. The summed E-state index contributed by atoms with van der Waals surface area (Å²) in [6, 6.07) is 52.9. The smallest absolute Gasteiger partial charge is 0.00992 e. The summed E-state index contributed by atoms with van der Waals surface area (Å²) in [5, 5.41) is 0. The SMILES string of the molecule is Cc1ccc(-c2cccc(-c3cccc(-c4ccc(-c5ccc(C)cc5)c(-c5ccccc5)c4)c3)c2)cc1. The lowest BCUT2D eigenvalue weighted by atomic mass is 9.90. The molecule has 38 heavy (non-hydrogen) atoms. The highest BCUT2D eigenvalue weighted by molar-refractivity contribution is 5.88. The molecular weight excluding hydrogens is 456 g/mol. The highest BCUT2D eigenvalue weighted by Crippen LogP contribution is 2.37. The molecule has 6 rings (SSSR count). The van der Waals surface area contributed by atoms with Crippen molar-refractivity contribution >= 4 is 0 Å². The molecule has 0 spiro atoms. The van der Waals surface area contributed by atoms with Crippen molar-refractivity contribution in [2.75, 3.05) is 0 Å². The summed E-state index contributed by atoms with van der Waals surface area (Å²) >= 11 is 0. The summed E-state index contributed by atoms with van der Waals surface area (Å²) in [5.41, 5.74) is 14.9. The van der Waals surface area contributed by atoms with E-state index in [1.807, 2.05) is 0 Å². The summed E-state index contributed by atoms with van der Waals surface area (Å²) in [7, 11) is 0. The summed E-state index contributed by atoms with van der Waals surface area (Å²) in [4.78, 5) is 0. The largest absolute Gasteiger partial charge is 0.0622 e. The molecule has 0 amide bonds. The summed E-state index contributed by atoms with van der Waals surface area (Å²) in [5.74, 6) is 0. The predicted molar refractivity (Wildman–Crippen MR) is 163 cm³/mol. The minimum Gasteiger partial charge on any atom is -0.0622 e. The van der Waals surface area contributed by atoms with Crippen LogP contribution in [0.1, 0.15) is 11.1 Å². The van der Waals surface area contributed by atoms with Crippen molar-refractivity contribution in [1.82, 2.24) is 0 Å². The van der Waals surface area contributed by atoms with Crippen molar-refractivity contribution in [2.45, 2.75) is 13.8 Å². The first-order chi connectivity index (χ1) is 18.6. The zero-order valence-corrected chi connectivity index (χ0v) is 21.9. The van der Waals surface area contributed by atoms with Crippen LogP contribution in [0.4, 0.5) is 0 Å². The topological polar surface area (TPSA) is 0 Å². The summed E-state index contributed by atoms with van der Waals surface area (Å²) < 4.78 is 0. The van der Waals surface area contributed by atoms with E-state index >= 15 is 0 Å². The first-order valence-electron chi connectivity index (χ1n) is 13.2. The molecule has 0 atom stereocenters. The molecule has 0 heteroatoms. The molecule has 0 aliphatic carbocycles. The molecular formula is C38H30. The van der Waals surface area contributed by atoms with Crippen LogP contribution >= 0.6 is 0 Å². The molecule has 0 aliphatic heterocycles. The molecule has 0 saturated heterocycles. The van der Waals surface area contributed by atoms with Gasteiger partial charge < -0.3 is 0 Å². The second-order valence-corrected chi connectivity index (χ2v) is 10.0. The lowest BCUT2D eigenvalue weighted by Crippen LogP contribution is -1.89. The van der Waals surface area contributed by atoms with Crippen LogP contribution in [0.2, 0.25) is 0 Å². The first-order valence-corrected chi connectivity index (χ1v) is 13.2. The quantitative estimate of drug-likeness (QED) is 0.227. The van der Waals surface area contributed by atoms with E-state index in [4.69, 9.17) is 0 Å². The average Bonchev–Trinajstić information content (AvgIpc) is 2.98. The molecule has 0 fully saturated rings. The average molecular weight is 487 g/mol. The monoisotopic (exact) mass is 486 g/mol. The van der Waals surface area contributed by atoms with Gasteiger partial charge in [-0.05, 0) is 87.7 Å². The van der Waals surface area contributed by atoms with Gasteiger partial charge in [-0.15, -0.1) is 0 Å². The highest BCUT2D eigenvalue weighted by atomic mass is 14.1. The fourth-order valence-electron chi connectivity index (χ4n) is 5.07. The fraction of sp³-hybridized carbons (Fsp3) is 0.0526. The minimum atomic E-state index is 1.22. The van der Waals surface area contributed by atoms with Gasteiger partial charge in [-0.25, -0.2) is 0 Å². The number of rotatable bonds is 5. The van der Waals surface area contributed by atoms with Gasteiger partial charge in [0.2, 0.25) is 0 Å². The van der Waals surface area contributed by atoms with Gasteiger partial charge in [0.05, 0.1) is 0 Å². The first kappa shape index (κ1) is 23.7. The maximum absolute atomic E-state index is 2.34. The third kappa shape index (κ3) is 4.94. The normalized spacial score (nSPS) is 10.9. The van der Waals surface area contributed by atoms with Crippen molar-refractivity contribution in [3.8, 4) is 55.6 Å². The molecule has 0 radical (unpaired) electrons. The number of benzene rings is 6. The van der Waals surface area contributed by atoms with E-state index in [1.54, 1.807) is 0 Å². The van der Waals surface area contributed by atoms with Gasteiger partial charge in [-0.2, -0.15) is 0 Å². The van der Waals surface area contributed by atoms with E-state index in [-0.39, 0.29) is 0 Å². The zero-order chi connectivity index (χ0) is 25.9. The molecule has 6 aromatic carbocycles. The molecule has 0 aromatic heterocycles.